The molecule has 5 N–H and O–H groups in total. The number of ether oxygens (including phenoxy) is 2. The number of hydrazine groups is 1. The third-order valence-electron chi connectivity index (χ3n) is 2.67. The molecule has 1 aliphatic rings. The van der Waals surface area contributed by atoms with Gasteiger partial charge in [0.15, 0.2) is 0 Å². The molecule has 0 aliphatic carbocycles. The number of carbonyl (C=O) groups is 2. The van der Waals surface area contributed by atoms with Gasteiger partial charge >= 0.3 is 0 Å². The zero-order chi connectivity index (χ0) is 12.8. The van der Waals surface area contributed by atoms with E-state index in [2.05, 4.69) is 5.43 Å². The molecule has 2 atom stereocenters. The smallest absolute Gasteiger partial charge is 0.253 e. The number of hydrogen-bond acceptors (Lipinski definition) is 6. The van der Waals surface area contributed by atoms with Crippen molar-refractivity contribution in [3.8, 4) is 0 Å². The van der Waals surface area contributed by atoms with Crippen LogP contribution in [0.4, 0.5) is 0 Å². The standard InChI is InChI=1S/C9H18N4O4/c1-16-4-7(9(15)12-11)13-2-3-17-5-6(13)8(10)14/h6-7H,2-5,11H2,1H3,(H2,10,14)(H,12,15). The predicted octanol–water partition coefficient (Wildman–Crippen LogP) is -2.82. The first-order valence-corrected chi connectivity index (χ1v) is 5.24. The number of amides is 2. The van der Waals surface area contributed by atoms with Crippen molar-refractivity contribution >= 4 is 11.8 Å². The molecular weight excluding hydrogens is 228 g/mol. The lowest BCUT2D eigenvalue weighted by atomic mass is 10.1. The van der Waals surface area contributed by atoms with Crippen molar-refractivity contribution in [3.63, 3.8) is 0 Å². The normalized spacial score (nSPS) is 23.1. The van der Waals surface area contributed by atoms with E-state index in [-0.39, 0.29) is 13.2 Å². The van der Waals surface area contributed by atoms with Crippen LogP contribution in [0.3, 0.4) is 0 Å². The molecular formula is C9H18N4O4. The summed E-state index contributed by atoms with van der Waals surface area (Å²) in [6, 6.07) is -1.28. The van der Waals surface area contributed by atoms with Gasteiger partial charge in [-0.15, -0.1) is 0 Å². The van der Waals surface area contributed by atoms with Gasteiger partial charge in [0.1, 0.15) is 12.1 Å². The van der Waals surface area contributed by atoms with Gasteiger partial charge in [-0.3, -0.25) is 19.9 Å². The van der Waals surface area contributed by atoms with Crippen molar-refractivity contribution in [1.82, 2.24) is 10.3 Å². The highest BCUT2D eigenvalue weighted by Crippen LogP contribution is 2.12. The van der Waals surface area contributed by atoms with Gasteiger partial charge in [-0.2, -0.15) is 0 Å². The second-order valence-corrected chi connectivity index (χ2v) is 3.71. The summed E-state index contributed by atoms with van der Waals surface area (Å²) < 4.78 is 10.1. The van der Waals surface area contributed by atoms with Crippen molar-refractivity contribution in [3.05, 3.63) is 0 Å². The Morgan fingerprint density at radius 1 is 1.65 bits per heavy atom. The summed E-state index contributed by atoms with van der Waals surface area (Å²) in [6.07, 6.45) is 0. The van der Waals surface area contributed by atoms with E-state index in [4.69, 9.17) is 21.1 Å². The van der Waals surface area contributed by atoms with Crippen LogP contribution in [0.2, 0.25) is 0 Å². The first-order valence-electron chi connectivity index (χ1n) is 5.24. The molecule has 8 heteroatoms. The minimum atomic E-state index is -0.647. The summed E-state index contributed by atoms with van der Waals surface area (Å²) in [5.74, 6) is 4.15. The molecule has 0 aromatic rings. The molecule has 8 nitrogen and oxygen atoms in total. The number of primary amides is 1. The number of rotatable bonds is 5. The van der Waals surface area contributed by atoms with Crippen molar-refractivity contribution < 1.29 is 19.1 Å². The second-order valence-electron chi connectivity index (χ2n) is 3.71. The summed E-state index contributed by atoms with van der Waals surface area (Å²) in [6.45, 7) is 1.16. The number of hydrogen-bond donors (Lipinski definition) is 3. The lowest BCUT2D eigenvalue weighted by Crippen LogP contribution is -2.61. The Hall–Kier alpha value is -1.22. The van der Waals surface area contributed by atoms with E-state index in [1.54, 1.807) is 4.90 Å². The Balaban J connectivity index is 2.81. The van der Waals surface area contributed by atoms with Gasteiger partial charge in [0.25, 0.3) is 5.91 Å². The zero-order valence-corrected chi connectivity index (χ0v) is 9.72. The molecule has 1 rings (SSSR count). The molecule has 1 aliphatic heterocycles. The van der Waals surface area contributed by atoms with E-state index in [9.17, 15) is 9.59 Å². The molecule has 1 saturated heterocycles. The van der Waals surface area contributed by atoms with Crippen LogP contribution in [0.5, 0.6) is 0 Å². The fourth-order valence-electron chi connectivity index (χ4n) is 1.81. The van der Waals surface area contributed by atoms with Crippen LogP contribution in [0.15, 0.2) is 0 Å². The third-order valence-corrected chi connectivity index (χ3v) is 2.67. The first-order chi connectivity index (χ1) is 8.11. The molecule has 1 heterocycles. The summed E-state index contributed by atoms with van der Waals surface area (Å²) >= 11 is 0. The van der Waals surface area contributed by atoms with E-state index < -0.39 is 23.9 Å². The monoisotopic (exact) mass is 246 g/mol. The quantitative estimate of drug-likeness (QED) is 0.273. The molecule has 1 fully saturated rings. The van der Waals surface area contributed by atoms with Crippen LogP contribution in [0.1, 0.15) is 0 Å². The van der Waals surface area contributed by atoms with Crippen LogP contribution >= 0.6 is 0 Å². The zero-order valence-electron chi connectivity index (χ0n) is 9.72. The number of nitrogens with two attached hydrogens (primary N) is 2. The molecule has 0 aromatic carbocycles. The van der Waals surface area contributed by atoms with Crippen LogP contribution in [-0.2, 0) is 19.1 Å². The van der Waals surface area contributed by atoms with E-state index in [1.807, 2.05) is 0 Å². The van der Waals surface area contributed by atoms with Gasteiger partial charge in [0.2, 0.25) is 5.91 Å². The fourth-order valence-corrected chi connectivity index (χ4v) is 1.81. The van der Waals surface area contributed by atoms with Crippen LogP contribution in [0, 0.1) is 0 Å². The van der Waals surface area contributed by atoms with Gasteiger partial charge in [-0.25, -0.2) is 5.84 Å². The average Bonchev–Trinajstić information content (AvgIpc) is 2.35. The number of nitrogens with one attached hydrogen (secondary N) is 1. The molecule has 0 aromatic heterocycles. The lowest BCUT2D eigenvalue weighted by Gasteiger charge is -2.37. The molecule has 2 amide bonds. The van der Waals surface area contributed by atoms with E-state index in [0.717, 1.165) is 0 Å². The summed E-state index contributed by atoms with van der Waals surface area (Å²) in [4.78, 5) is 24.6. The number of methoxy groups -OCH3 is 1. The minimum absolute atomic E-state index is 0.132. The van der Waals surface area contributed by atoms with Gasteiger partial charge in [-0.05, 0) is 0 Å². The summed E-state index contributed by atoms with van der Waals surface area (Å²) in [5, 5.41) is 0. The van der Waals surface area contributed by atoms with Gasteiger partial charge in [-0.1, -0.05) is 0 Å². The molecule has 0 bridgehead atoms. The number of morpholine rings is 1. The van der Waals surface area contributed by atoms with Crippen LogP contribution in [0.25, 0.3) is 0 Å². The third kappa shape index (κ3) is 3.37. The highest BCUT2D eigenvalue weighted by atomic mass is 16.5. The first kappa shape index (κ1) is 13.8. The van der Waals surface area contributed by atoms with Crippen molar-refractivity contribution in [1.29, 1.82) is 0 Å². The van der Waals surface area contributed by atoms with Gasteiger partial charge in [0.05, 0.1) is 19.8 Å². The van der Waals surface area contributed by atoms with Crippen LogP contribution < -0.4 is 17.0 Å². The summed E-state index contributed by atoms with van der Waals surface area (Å²) in [7, 11) is 1.47. The lowest BCUT2D eigenvalue weighted by molar-refractivity contribution is -0.140. The average molecular weight is 246 g/mol. The minimum Gasteiger partial charge on any atom is -0.383 e. The molecule has 98 valence electrons. The fraction of sp³-hybridized carbons (Fsp3) is 0.778. The molecule has 17 heavy (non-hydrogen) atoms. The Kier molecular flexibility index (Phi) is 5.29. The van der Waals surface area contributed by atoms with Crippen LogP contribution in [-0.4, -0.2) is 62.3 Å². The number of carbonyl (C=O) groups excluding carboxylic acids is 2. The summed E-state index contributed by atoms with van der Waals surface area (Å²) in [5.41, 5.74) is 7.32. The number of nitrogens with zero attached hydrogens (tertiary/aromatic N) is 1. The second kappa shape index (κ2) is 6.50. The molecule has 2 unspecified atom stereocenters. The maximum Gasteiger partial charge on any atom is 0.253 e. The highest BCUT2D eigenvalue weighted by molar-refractivity contribution is 5.84. The van der Waals surface area contributed by atoms with E-state index in [1.165, 1.54) is 7.11 Å². The van der Waals surface area contributed by atoms with E-state index in [0.29, 0.717) is 13.2 Å². The molecule has 0 spiro atoms. The van der Waals surface area contributed by atoms with E-state index >= 15 is 0 Å². The SMILES string of the molecule is COCC(C(=O)NN)N1CCOCC1C(N)=O. The molecule has 0 radical (unpaired) electrons. The molecule has 0 saturated carbocycles. The predicted molar refractivity (Wildman–Crippen MR) is 58.5 cm³/mol. The maximum absolute atomic E-state index is 11.6. The van der Waals surface area contributed by atoms with Gasteiger partial charge < -0.3 is 15.2 Å². The Bertz CT molecular complexity index is 286. The van der Waals surface area contributed by atoms with Crippen molar-refractivity contribution in [2.45, 2.75) is 12.1 Å². The Morgan fingerprint density at radius 2 is 2.35 bits per heavy atom. The maximum atomic E-state index is 11.6. The highest BCUT2D eigenvalue weighted by Gasteiger charge is 2.36. The Labute approximate surface area is 99.2 Å². The van der Waals surface area contributed by atoms with Crippen molar-refractivity contribution in [2.24, 2.45) is 11.6 Å². The largest absolute Gasteiger partial charge is 0.383 e. The van der Waals surface area contributed by atoms with Crippen molar-refractivity contribution in [2.75, 3.05) is 33.5 Å². The topological polar surface area (TPSA) is 120 Å². The Morgan fingerprint density at radius 3 is 2.88 bits per heavy atom. The van der Waals surface area contributed by atoms with Gasteiger partial charge in [0, 0.05) is 13.7 Å².